The molecule has 6 heteroatoms. The predicted molar refractivity (Wildman–Crippen MR) is 58.8 cm³/mol. The molecule has 18 heavy (non-hydrogen) atoms. The summed E-state index contributed by atoms with van der Waals surface area (Å²) in [4.78, 5) is 48.1. The van der Waals surface area contributed by atoms with Crippen molar-refractivity contribution in [1.29, 1.82) is 0 Å². The van der Waals surface area contributed by atoms with Gasteiger partial charge < -0.3 is 0 Å². The van der Waals surface area contributed by atoms with E-state index >= 15 is 0 Å². The molecule has 3 atom stereocenters. The molecule has 6 nitrogen and oxygen atoms in total. The maximum absolute atomic E-state index is 12.2. The van der Waals surface area contributed by atoms with E-state index in [1.165, 1.54) is 0 Å². The van der Waals surface area contributed by atoms with Gasteiger partial charge in [0.1, 0.15) is 6.04 Å². The van der Waals surface area contributed by atoms with Gasteiger partial charge in [0.15, 0.2) is 0 Å². The van der Waals surface area contributed by atoms with Crippen molar-refractivity contribution in [2.75, 3.05) is 0 Å². The van der Waals surface area contributed by atoms with Crippen molar-refractivity contribution in [3.05, 3.63) is 12.2 Å². The summed E-state index contributed by atoms with van der Waals surface area (Å²) in [6, 6.07) is -0.942. The summed E-state index contributed by atoms with van der Waals surface area (Å²) >= 11 is 0. The van der Waals surface area contributed by atoms with E-state index < -0.39 is 17.9 Å². The van der Waals surface area contributed by atoms with Crippen LogP contribution in [-0.4, -0.2) is 34.6 Å². The Hall–Kier alpha value is -1.98. The normalized spacial score (nSPS) is 35.1. The zero-order valence-corrected chi connectivity index (χ0v) is 9.59. The number of carbonyl (C=O) groups excluding carboxylic acids is 4. The molecule has 94 valence electrons. The second-order valence-electron chi connectivity index (χ2n) is 4.83. The SMILES string of the molecule is O=C1CC(N2C(=O)[C@H]3CC=CC[C@H]3C2=O)C(=O)N1. The molecule has 0 spiro atoms. The van der Waals surface area contributed by atoms with Crippen LogP contribution in [0.2, 0.25) is 0 Å². The number of nitrogens with one attached hydrogen (secondary N) is 1. The van der Waals surface area contributed by atoms with E-state index in [0.717, 1.165) is 4.90 Å². The van der Waals surface area contributed by atoms with Crippen molar-refractivity contribution in [1.82, 2.24) is 10.2 Å². The highest BCUT2D eigenvalue weighted by molar-refractivity contribution is 6.13. The Kier molecular flexibility index (Phi) is 2.33. The highest BCUT2D eigenvalue weighted by Gasteiger charge is 2.52. The molecule has 2 aliphatic heterocycles. The Bertz CT molecular complexity index is 470. The minimum atomic E-state index is -0.942. The molecular weight excluding hydrogens is 236 g/mol. The monoisotopic (exact) mass is 248 g/mol. The van der Waals surface area contributed by atoms with E-state index in [4.69, 9.17) is 0 Å². The van der Waals surface area contributed by atoms with Gasteiger partial charge in [-0.1, -0.05) is 12.2 Å². The number of fused-ring (bicyclic) bond motifs is 1. The van der Waals surface area contributed by atoms with Crippen LogP contribution >= 0.6 is 0 Å². The fraction of sp³-hybridized carbons (Fsp3) is 0.500. The van der Waals surface area contributed by atoms with Crippen LogP contribution in [0, 0.1) is 11.8 Å². The molecule has 3 aliphatic rings. The quantitative estimate of drug-likeness (QED) is 0.494. The summed E-state index contributed by atoms with van der Waals surface area (Å²) in [5.41, 5.74) is 0. The number of allylic oxidation sites excluding steroid dienone is 2. The first-order chi connectivity index (χ1) is 8.59. The molecule has 1 aliphatic carbocycles. The number of amides is 4. The van der Waals surface area contributed by atoms with Crippen LogP contribution < -0.4 is 5.32 Å². The highest BCUT2D eigenvalue weighted by Crippen LogP contribution is 2.36. The summed E-state index contributed by atoms with van der Waals surface area (Å²) in [6.07, 6.45) is 4.73. The zero-order chi connectivity index (χ0) is 12.9. The van der Waals surface area contributed by atoms with E-state index in [0.29, 0.717) is 12.8 Å². The second-order valence-corrected chi connectivity index (χ2v) is 4.83. The molecule has 1 N–H and O–H groups in total. The summed E-state index contributed by atoms with van der Waals surface area (Å²) in [5.74, 6) is -2.32. The highest BCUT2D eigenvalue weighted by atomic mass is 16.2. The largest absolute Gasteiger partial charge is 0.295 e. The summed E-state index contributed by atoms with van der Waals surface area (Å²) in [7, 11) is 0. The predicted octanol–water partition coefficient (Wildman–Crippen LogP) is -0.647. The van der Waals surface area contributed by atoms with Gasteiger partial charge in [-0.3, -0.25) is 29.4 Å². The van der Waals surface area contributed by atoms with Gasteiger partial charge in [0.2, 0.25) is 23.6 Å². The molecule has 0 saturated carbocycles. The molecule has 2 heterocycles. The maximum atomic E-state index is 12.2. The van der Waals surface area contributed by atoms with Crippen molar-refractivity contribution < 1.29 is 19.2 Å². The molecule has 0 aromatic heterocycles. The van der Waals surface area contributed by atoms with Gasteiger partial charge in [-0.15, -0.1) is 0 Å². The summed E-state index contributed by atoms with van der Waals surface area (Å²) < 4.78 is 0. The van der Waals surface area contributed by atoms with Crippen LogP contribution in [-0.2, 0) is 19.2 Å². The number of likely N-dealkylation sites (tertiary alicyclic amines) is 1. The van der Waals surface area contributed by atoms with E-state index in [2.05, 4.69) is 5.32 Å². The minimum Gasteiger partial charge on any atom is -0.295 e. The first-order valence-corrected chi connectivity index (χ1v) is 5.95. The van der Waals surface area contributed by atoms with Crippen molar-refractivity contribution in [2.45, 2.75) is 25.3 Å². The molecule has 1 unspecified atom stereocenters. The van der Waals surface area contributed by atoms with Crippen LogP contribution in [0.25, 0.3) is 0 Å². The van der Waals surface area contributed by atoms with E-state index in [1.54, 1.807) is 0 Å². The van der Waals surface area contributed by atoms with Gasteiger partial charge >= 0.3 is 0 Å². The third kappa shape index (κ3) is 1.41. The average molecular weight is 248 g/mol. The maximum Gasteiger partial charge on any atom is 0.250 e. The molecule has 3 rings (SSSR count). The molecule has 0 bridgehead atoms. The number of carbonyl (C=O) groups is 4. The average Bonchev–Trinajstić information content (AvgIpc) is 2.79. The van der Waals surface area contributed by atoms with Crippen LogP contribution in [0.15, 0.2) is 12.2 Å². The van der Waals surface area contributed by atoms with Gasteiger partial charge in [0.25, 0.3) is 0 Å². The van der Waals surface area contributed by atoms with Crippen LogP contribution in [0.4, 0.5) is 0 Å². The number of rotatable bonds is 1. The summed E-state index contributed by atoms with van der Waals surface area (Å²) in [5, 5.41) is 2.13. The van der Waals surface area contributed by atoms with Crippen LogP contribution in [0.1, 0.15) is 19.3 Å². The molecule has 2 fully saturated rings. The van der Waals surface area contributed by atoms with Crippen molar-refractivity contribution in [3.63, 3.8) is 0 Å². The first-order valence-electron chi connectivity index (χ1n) is 5.95. The fourth-order valence-electron chi connectivity index (χ4n) is 2.88. The molecule has 0 aromatic carbocycles. The molecule has 4 amide bonds. The van der Waals surface area contributed by atoms with Gasteiger partial charge in [-0.25, -0.2) is 0 Å². The zero-order valence-electron chi connectivity index (χ0n) is 9.59. The van der Waals surface area contributed by atoms with Gasteiger partial charge in [0, 0.05) is 0 Å². The Morgan fingerprint density at radius 3 is 2.00 bits per heavy atom. The van der Waals surface area contributed by atoms with Gasteiger partial charge in [-0.2, -0.15) is 0 Å². The standard InChI is InChI=1S/C12H12N2O4/c15-9-5-8(10(16)13-9)14-11(17)6-3-1-2-4-7(6)12(14)18/h1-2,6-8H,3-5H2,(H,13,15,16)/t6-,7+,8?. The summed E-state index contributed by atoms with van der Waals surface area (Å²) in [6.45, 7) is 0. The number of nitrogens with zero attached hydrogens (tertiary/aromatic N) is 1. The number of hydrogen-bond donors (Lipinski definition) is 1. The second kappa shape index (κ2) is 3.76. The molecule has 2 saturated heterocycles. The van der Waals surface area contributed by atoms with Crippen molar-refractivity contribution >= 4 is 23.6 Å². The van der Waals surface area contributed by atoms with E-state index in [-0.39, 0.29) is 30.1 Å². The van der Waals surface area contributed by atoms with Gasteiger partial charge in [-0.05, 0) is 12.8 Å². The van der Waals surface area contributed by atoms with Crippen molar-refractivity contribution in [2.24, 2.45) is 11.8 Å². The van der Waals surface area contributed by atoms with Crippen molar-refractivity contribution in [3.8, 4) is 0 Å². The number of hydrogen-bond acceptors (Lipinski definition) is 4. The van der Waals surface area contributed by atoms with E-state index in [1.807, 2.05) is 12.2 Å². The Morgan fingerprint density at radius 1 is 1.00 bits per heavy atom. The Balaban J connectivity index is 1.90. The Morgan fingerprint density at radius 2 is 1.56 bits per heavy atom. The third-order valence-electron chi connectivity index (χ3n) is 3.80. The third-order valence-corrected chi connectivity index (χ3v) is 3.80. The molecular formula is C12H12N2O4. The topological polar surface area (TPSA) is 83.6 Å². The number of imide groups is 2. The lowest BCUT2D eigenvalue weighted by Crippen LogP contribution is -2.44. The van der Waals surface area contributed by atoms with Crippen LogP contribution in [0.3, 0.4) is 0 Å². The molecule has 0 aromatic rings. The fourth-order valence-corrected chi connectivity index (χ4v) is 2.88. The minimum absolute atomic E-state index is 0.108. The van der Waals surface area contributed by atoms with E-state index in [9.17, 15) is 19.2 Å². The first kappa shape index (κ1) is 11.1. The van der Waals surface area contributed by atoms with Crippen LogP contribution in [0.5, 0.6) is 0 Å². The lowest BCUT2D eigenvalue weighted by Gasteiger charge is -2.19. The Labute approximate surface area is 103 Å². The lowest BCUT2D eigenvalue weighted by molar-refractivity contribution is -0.146. The van der Waals surface area contributed by atoms with Gasteiger partial charge in [0.05, 0.1) is 18.3 Å². The lowest BCUT2D eigenvalue weighted by atomic mass is 9.85. The smallest absolute Gasteiger partial charge is 0.250 e. The molecule has 0 radical (unpaired) electrons.